The Morgan fingerprint density at radius 1 is 1.38 bits per heavy atom. The summed E-state index contributed by atoms with van der Waals surface area (Å²) in [5, 5.41) is 12.3. The number of carbonyl (C=O) groups excluding carboxylic acids is 1. The van der Waals surface area contributed by atoms with Crippen molar-refractivity contribution in [1.29, 1.82) is 0 Å². The molecule has 1 heterocycles. The molecule has 2 N–H and O–H groups in total. The first-order valence-corrected chi connectivity index (χ1v) is 5.44. The van der Waals surface area contributed by atoms with E-state index in [1.165, 1.54) is 18.7 Å². The Hall–Kier alpha value is -1.49. The number of hydrogen-bond donors (Lipinski definition) is 2. The van der Waals surface area contributed by atoms with Crippen LogP contribution in [-0.2, 0) is 0 Å². The fourth-order valence-corrected chi connectivity index (χ4v) is 2.10. The summed E-state index contributed by atoms with van der Waals surface area (Å²) in [6.45, 7) is -0.00751. The molecular weight excluding hydrogens is 206 g/mol. The third kappa shape index (κ3) is 2.19. The Kier molecular flexibility index (Phi) is 3.14. The lowest BCUT2D eigenvalue weighted by Crippen LogP contribution is -2.49. The second-order valence-corrected chi connectivity index (χ2v) is 4.23. The Bertz CT molecular complexity index is 361. The van der Waals surface area contributed by atoms with E-state index in [4.69, 9.17) is 0 Å². The van der Waals surface area contributed by atoms with E-state index in [1.54, 1.807) is 0 Å². The number of rotatable bonds is 3. The van der Waals surface area contributed by atoms with Crippen LogP contribution in [0, 0.1) is 0 Å². The first-order valence-electron chi connectivity index (χ1n) is 5.44. The van der Waals surface area contributed by atoms with Crippen molar-refractivity contribution in [2.45, 2.75) is 31.2 Å². The number of hydrogen-bond acceptors (Lipinski definition) is 4. The first-order chi connectivity index (χ1) is 7.76. The lowest BCUT2D eigenvalue weighted by atomic mass is 9.98. The summed E-state index contributed by atoms with van der Waals surface area (Å²) >= 11 is 0. The smallest absolute Gasteiger partial charge is 0.254 e. The summed E-state index contributed by atoms with van der Waals surface area (Å²) in [7, 11) is 0. The summed E-state index contributed by atoms with van der Waals surface area (Å²) in [6, 6.07) is 0. The molecule has 5 heteroatoms. The van der Waals surface area contributed by atoms with E-state index in [-0.39, 0.29) is 12.5 Å². The summed E-state index contributed by atoms with van der Waals surface area (Å²) in [5.74, 6) is -0.212. The lowest BCUT2D eigenvalue weighted by Gasteiger charge is -2.27. The number of amides is 1. The molecule has 0 bridgehead atoms. The Labute approximate surface area is 93.9 Å². The third-order valence-corrected chi connectivity index (χ3v) is 3.06. The predicted octanol–water partition coefficient (Wildman–Crippen LogP) is 0.511. The normalized spacial score (nSPS) is 18.3. The van der Waals surface area contributed by atoms with Crippen molar-refractivity contribution in [2.75, 3.05) is 6.61 Å². The molecule has 1 amide bonds. The highest BCUT2D eigenvalue weighted by Gasteiger charge is 2.34. The number of nitrogens with one attached hydrogen (secondary N) is 1. The molecule has 1 aliphatic rings. The van der Waals surface area contributed by atoms with Gasteiger partial charge in [-0.05, 0) is 12.8 Å². The molecule has 0 aliphatic heterocycles. The molecule has 86 valence electrons. The first kappa shape index (κ1) is 11.0. The van der Waals surface area contributed by atoms with Gasteiger partial charge in [0.2, 0.25) is 0 Å². The molecule has 0 unspecified atom stereocenters. The number of aliphatic hydroxyl groups is 1. The van der Waals surface area contributed by atoms with Gasteiger partial charge in [0.25, 0.3) is 5.91 Å². The molecule has 2 rings (SSSR count). The van der Waals surface area contributed by atoms with E-state index >= 15 is 0 Å². The molecule has 1 fully saturated rings. The van der Waals surface area contributed by atoms with E-state index in [9.17, 15) is 9.90 Å². The number of aromatic nitrogens is 2. The second kappa shape index (κ2) is 4.57. The zero-order valence-corrected chi connectivity index (χ0v) is 9.02. The van der Waals surface area contributed by atoms with E-state index in [0.29, 0.717) is 5.56 Å². The van der Waals surface area contributed by atoms with Crippen LogP contribution in [0.25, 0.3) is 0 Å². The minimum atomic E-state index is -0.438. The largest absolute Gasteiger partial charge is 0.394 e. The Morgan fingerprint density at radius 2 is 2.00 bits per heavy atom. The van der Waals surface area contributed by atoms with E-state index < -0.39 is 5.54 Å². The van der Waals surface area contributed by atoms with Crippen molar-refractivity contribution in [1.82, 2.24) is 15.3 Å². The molecule has 5 nitrogen and oxygen atoms in total. The van der Waals surface area contributed by atoms with Crippen molar-refractivity contribution in [3.8, 4) is 0 Å². The van der Waals surface area contributed by atoms with Crippen LogP contribution < -0.4 is 5.32 Å². The summed E-state index contributed by atoms with van der Waals surface area (Å²) in [5.41, 5.74) is -0.00496. The average Bonchev–Trinajstić information content (AvgIpc) is 2.79. The van der Waals surface area contributed by atoms with Crippen molar-refractivity contribution in [3.63, 3.8) is 0 Å². The van der Waals surface area contributed by atoms with Gasteiger partial charge in [-0.2, -0.15) is 0 Å². The van der Waals surface area contributed by atoms with Crippen LogP contribution >= 0.6 is 0 Å². The van der Waals surface area contributed by atoms with Gasteiger partial charge in [0.05, 0.1) is 17.7 Å². The van der Waals surface area contributed by atoms with Crippen molar-refractivity contribution in [2.24, 2.45) is 0 Å². The van der Waals surface area contributed by atoms with Gasteiger partial charge in [0.15, 0.2) is 0 Å². The number of nitrogens with zero attached hydrogens (tertiary/aromatic N) is 2. The zero-order chi connectivity index (χ0) is 11.4. The number of aliphatic hydroxyl groups excluding tert-OH is 1. The van der Waals surface area contributed by atoms with Crippen LogP contribution in [0.1, 0.15) is 36.0 Å². The van der Waals surface area contributed by atoms with Gasteiger partial charge in [0.1, 0.15) is 6.33 Å². The standard InChI is InChI=1S/C11H15N3O2/c15-7-11(3-1-2-4-11)14-10(16)9-5-12-8-13-6-9/h5-6,8,15H,1-4,7H2,(H,14,16). The van der Waals surface area contributed by atoms with E-state index in [1.807, 2.05) is 0 Å². The molecule has 0 aromatic carbocycles. The van der Waals surface area contributed by atoms with Crippen LogP contribution in [0.2, 0.25) is 0 Å². The minimum Gasteiger partial charge on any atom is -0.394 e. The SMILES string of the molecule is O=C(NC1(CO)CCCC1)c1cncnc1. The Balaban J connectivity index is 2.07. The van der Waals surface area contributed by atoms with Crippen LogP contribution in [-0.4, -0.2) is 33.1 Å². The van der Waals surface area contributed by atoms with E-state index in [2.05, 4.69) is 15.3 Å². The van der Waals surface area contributed by atoms with Gasteiger partial charge in [0, 0.05) is 12.4 Å². The van der Waals surface area contributed by atoms with Crippen LogP contribution in [0.4, 0.5) is 0 Å². The summed E-state index contributed by atoms with van der Waals surface area (Å²) < 4.78 is 0. The van der Waals surface area contributed by atoms with Gasteiger partial charge in [-0.1, -0.05) is 12.8 Å². The van der Waals surface area contributed by atoms with Gasteiger partial charge in [-0.25, -0.2) is 9.97 Å². The van der Waals surface area contributed by atoms with Gasteiger partial charge in [-0.15, -0.1) is 0 Å². The third-order valence-electron chi connectivity index (χ3n) is 3.06. The highest BCUT2D eigenvalue weighted by atomic mass is 16.3. The molecule has 0 spiro atoms. The molecule has 0 saturated heterocycles. The maximum absolute atomic E-state index is 11.9. The van der Waals surface area contributed by atoms with Gasteiger partial charge >= 0.3 is 0 Å². The Morgan fingerprint density at radius 3 is 2.56 bits per heavy atom. The molecule has 0 atom stereocenters. The molecule has 1 aromatic rings. The topological polar surface area (TPSA) is 75.1 Å². The van der Waals surface area contributed by atoms with Crippen molar-refractivity contribution in [3.05, 3.63) is 24.3 Å². The molecular formula is C11H15N3O2. The highest BCUT2D eigenvalue weighted by molar-refractivity contribution is 5.94. The average molecular weight is 221 g/mol. The van der Waals surface area contributed by atoms with Crippen molar-refractivity contribution >= 4 is 5.91 Å². The van der Waals surface area contributed by atoms with Crippen LogP contribution in [0.3, 0.4) is 0 Å². The van der Waals surface area contributed by atoms with Crippen molar-refractivity contribution < 1.29 is 9.90 Å². The van der Waals surface area contributed by atoms with Gasteiger partial charge in [-0.3, -0.25) is 4.79 Å². The van der Waals surface area contributed by atoms with Crippen LogP contribution in [0.15, 0.2) is 18.7 Å². The molecule has 16 heavy (non-hydrogen) atoms. The molecule has 0 radical (unpaired) electrons. The highest BCUT2D eigenvalue weighted by Crippen LogP contribution is 2.29. The summed E-state index contributed by atoms with van der Waals surface area (Å²) in [4.78, 5) is 19.5. The quantitative estimate of drug-likeness (QED) is 0.780. The fourth-order valence-electron chi connectivity index (χ4n) is 2.10. The lowest BCUT2D eigenvalue weighted by molar-refractivity contribution is 0.0837. The van der Waals surface area contributed by atoms with Crippen LogP contribution in [0.5, 0.6) is 0 Å². The predicted molar refractivity (Wildman–Crippen MR) is 57.8 cm³/mol. The number of carbonyl (C=O) groups is 1. The summed E-state index contributed by atoms with van der Waals surface area (Å²) in [6.07, 6.45) is 8.10. The monoisotopic (exact) mass is 221 g/mol. The van der Waals surface area contributed by atoms with Gasteiger partial charge < -0.3 is 10.4 Å². The minimum absolute atomic E-state index is 0.00751. The maximum atomic E-state index is 11.9. The molecule has 1 aromatic heterocycles. The maximum Gasteiger partial charge on any atom is 0.254 e. The molecule has 1 aliphatic carbocycles. The second-order valence-electron chi connectivity index (χ2n) is 4.23. The molecule has 1 saturated carbocycles. The fraction of sp³-hybridized carbons (Fsp3) is 0.545. The van der Waals surface area contributed by atoms with E-state index in [0.717, 1.165) is 25.7 Å². The zero-order valence-electron chi connectivity index (χ0n) is 9.02.